The number of benzene rings is 1. The molecule has 1 aromatic carbocycles. The lowest BCUT2D eigenvalue weighted by molar-refractivity contribution is 0.379. The van der Waals surface area contributed by atoms with Crippen molar-refractivity contribution in [3.8, 4) is 6.01 Å². The molecule has 0 unspecified atom stereocenters. The highest BCUT2D eigenvalue weighted by Crippen LogP contribution is 2.28. The van der Waals surface area contributed by atoms with Crippen molar-refractivity contribution in [3.63, 3.8) is 0 Å². The van der Waals surface area contributed by atoms with Crippen LogP contribution in [0.5, 0.6) is 6.01 Å². The first-order chi connectivity index (χ1) is 10.0. The van der Waals surface area contributed by atoms with Gasteiger partial charge in [0, 0.05) is 18.3 Å². The first kappa shape index (κ1) is 15.4. The lowest BCUT2D eigenvalue weighted by Crippen LogP contribution is -2.31. The SMILES string of the molecule is COc1ncc(Cl)c(N(Cc2ccccc2N)C(C)C)n1. The maximum atomic E-state index is 6.24. The Bertz CT molecular complexity index is 618. The first-order valence-corrected chi connectivity index (χ1v) is 7.07. The summed E-state index contributed by atoms with van der Waals surface area (Å²) in [4.78, 5) is 10.4. The maximum absolute atomic E-state index is 6.24. The molecule has 0 fully saturated rings. The molecule has 0 bridgehead atoms. The van der Waals surface area contributed by atoms with Gasteiger partial charge in [0.25, 0.3) is 0 Å². The Labute approximate surface area is 129 Å². The summed E-state index contributed by atoms with van der Waals surface area (Å²) in [6.07, 6.45) is 1.55. The summed E-state index contributed by atoms with van der Waals surface area (Å²) in [7, 11) is 1.53. The molecule has 6 heteroatoms. The summed E-state index contributed by atoms with van der Waals surface area (Å²) in [6.45, 7) is 4.76. The Hall–Kier alpha value is -2.01. The van der Waals surface area contributed by atoms with Crippen LogP contribution in [-0.4, -0.2) is 23.1 Å². The minimum atomic E-state index is 0.196. The Morgan fingerprint density at radius 2 is 2.05 bits per heavy atom. The molecular formula is C15H19ClN4O. The number of nitrogens with zero attached hydrogens (tertiary/aromatic N) is 3. The van der Waals surface area contributed by atoms with Gasteiger partial charge in [0.2, 0.25) is 0 Å². The average Bonchev–Trinajstić information content (AvgIpc) is 2.47. The highest BCUT2D eigenvalue weighted by molar-refractivity contribution is 6.32. The molecule has 2 aromatic rings. The van der Waals surface area contributed by atoms with E-state index in [0.717, 1.165) is 11.3 Å². The molecule has 112 valence electrons. The van der Waals surface area contributed by atoms with Crippen molar-refractivity contribution < 1.29 is 4.74 Å². The van der Waals surface area contributed by atoms with Crippen molar-refractivity contribution >= 4 is 23.1 Å². The molecule has 0 saturated heterocycles. The summed E-state index contributed by atoms with van der Waals surface area (Å²) in [5.41, 5.74) is 7.80. The van der Waals surface area contributed by atoms with E-state index in [-0.39, 0.29) is 6.04 Å². The molecular weight excluding hydrogens is 288 g/mol. The topological polar surface area (TPSA) is 64.3 Å². The number of methoxy groups -OCH3 is 1. The summed E-state index contributed by atoms with van der Waals surface area (Å²) >= 11 is 6.24. The molecule has 21 heavy (non-hydrogen) atoms. The second kappa shape index (κ2) is 6.63. The number of nitrogens with two attached hydrogens (primary N) is 1. The third-order valence-electron chi connectivity index (χ3n) is 3.18. The predicted molar refractivity (Wildman–Crippen MR) is 85.8 cm³/mol. The Morgan fingerprint density at radius 3 is 2.67 bits per heavy atom. The van der Waals surface area contributed by atoms with Gasteiger partial charge < -0.3 is 15.4 Å². The quantitative estimate of drug-likeness (QED) is 0.860. The van der Waals surface area contributed by atoms with E-state index in [1.165, 1.54) is 7.11 Å². The van der Waals surface area contributed by atoms with Crippen LogP contribution in [0.25, 0.3) is 0 Å². The van der Waals surface area contributed by atoms with E-state index in [4.69, 9.17) is 22.1 Å². The van der Waals surface area contributed by atoms with Crippen molar-refractivity contribution in [1.29, 1.82) is 0 Å². The van der Waals surface area contributed by atoms with Crippen LogP contribution in [0.2, 0.25) is 5.02 Å². The van der Waals surface area contributed by atoms with E-state index < -0.39 is 0 Å². The summed E-state index contributed by atoms with van der Waals surface area (Å²) in [6, 6.07) is 8.25. The zero-order chi connectivity index (χ0) is 15.4. The zero-order valence-corrected chi connectivity index (χ0v) is 13.1. The van der Waals surface area contributed by atoms with Crippen LogP contribution in [-0.2, 0) is 6.54 Å². The van der Waals surface area contributed by atoms with Gasteiger partial charge in [0.05, 0.1) is 13.3 Å². The smallest absolute Gasteiger partial charge is 0.318 e. The maximum Gasteiger partial charge on any atom is 0.318 e. The molecule has 0 amide bonds. The minimum Gasteiger partial charge on any atom is -0.467 e. The number of hydrogen-bond donors (Lipinski definition) is 1. The van der Waals surface area contributed by atoms with Crippen LogP contribution in [0.4, 0.5) is 11.5 Å². The fraction of sp³-hybridized carbons (Fsp3) is 0.333. The number of aromatic nitrogens is 2. The molecule has 1 aromatic heterocycles. The van der Waals surface area contributed by atoms with Crippen LogP contribution in [0.3, 0.4) is 0 Å². The van der Waals surface area contributed by atoms with Crippen LogP contribution in [0.1, 0.15) is 19.4 Å². The van der Waals surface area contributed by atoms with E-state index in [0.29, 0.717) is 23.4 Å². The third-order valence-corrected chi connectivity index (χ3v) is 3.44. The monoisotopic (exact) mass is 306 g/mol. The van der Waals surface area contributed by atoms with Gasteiger partial charge in [-0.25, -0.2) is 4.98 Å². The van der Waals surface area contributed by atoms with Gasteiger partial charge in [-0.1, -0.05) is 29.8 Å². The summed E-state index contributed by atoms with van der Waals surface area (Å²) < 4.78 is 5.08. The van der Waals surface area contributed by atoms with Crippen molar-refractivity contribution in [2.24, 2.45) is 0 Å². The highest BCUT2D eigenvalue weighted by atomic mass is 35.5. The first-order valence-electron chi connectivity index (χ1n) is 6.69. The lowest BCUT2D eigenvalue weighted by Gasteiger charge is -2.29. The van der Waals surface area contributed by atoms with E-state index in [2.05, 4.69) is 28.7 Å². The van der Waals surface area contributed by atoms with Crippen molar-refractivity contribution in [1.82, 2.24) is 9.97 Å². The number of nitrogen functional groups attached to an aromatic ring is 1. The average molecular weight is 307 g/mol. The zero-order valence-electron chi connectivity index (χ0n) is 12.4. The van der Waals surface area contributed by atoms with Crippen molar-refractivity contribution in [2.75, 3.05) is 17.7 Å². The largest absolute Gasteiger partial charge is 0.467 e. The van der Waals surface area contributed by atoms with Crippen molar-refractivity contribution in [2.45, 2.75) is 26.4 Å². The molecule has 0 radical (unpaired) electrons. The van der Waals surface area contributed by atoms with Gasteiger partial charge in [-0.15, -0.1) is 0 Å². The Balaban J connectivity index is 2.38. The molecule has 2 N–H and O–H groups in total. The number of halogens is 1. The Kier molecular flexibility index (Phi) is 4.85. The number of ether oxygens (including phenoxy) is 1. The molecule has 0 aliphatic rings. The van der Waals surface area contributed by atoms with Crippen LogP contribution < -0.4 is 15.4 Å². The molecule has 0 saturated carbocycles. The molecule has 0 aliphatic heterocycles. The fourth-order valence-corrected chi connectivity index (χ4v) is 2.21. The molecule has 5 nitrogen and oxygen atoms in total. The number of anilines is 2. The molecule has 0 atom stereocenters. The summed E-state index contributed by atoms with van der Waals surface area (Å²) in [5, 5.41) is 0.485. The van der Waals surface area contributed by atoms with Gasteiger partial charge in [0.1, 0.15) is 5.02 Å². The van der Waals surface area contributed by atoms with Crippen LogP contribution in [0.15, 0.2) is 30.5 Å². The van der Waals surface area contributed by atoms with Crippen LogP contribution >= 0.6 is 11.6 Å². The minimum absolute atomic E-state index is 0.196. The van der Waals surface area contributed by atoms with E-state index in [1.807, 2.05) is 24.3 Å². The third kappa shape index (κ3) is 3.55. The van der Waals surface area contributed by atoms with Gasteiger partial charge in [-0.3, -0.25) is 0 Å². The van der Waals surface area contributed by atoms with Gasteiger partial charge in [-0.05, 0) is 25.5 Å². The standard InChI is InChI=1S/C15H19ClN4O/c1-10(2)20(9-11-6-4-5-7-13(11)17)14-12(16)8-18-15(19-14)21-3/h4-8,10H,9,17H2,1-3H3. The fourth-order valence-electron chi connectivity index (χ4n) is 2.01. The van der Waals surface area contributed by atoms with E-state index in [9.17, 15) is 0 Å². The van der Waals surface area contributed by atoms with E-state index in [1.54, 1.807) is 6.20 Å². The van der Waals surface area contributed by atoms with Gasteiger partial charge in [-0.2, -0.15) is 4.98 Å². The van der Waals surface area contributed by atoms with Gasteiger partial charge >= 0.3 is 6.01 Å². The lowest BCUT2D eigenvalue weighted by atomic mass is 10.1. The number of para-hydroxylation sites is 1. The van der Waals surface area contributed by atoms with E-state index >= 15 is 0 Å². The van der Waals surface area contributed by atoms with Crippen molar-refractivity contribution in [3.05, 3.63) is 41.0 Å². The van der Waals surface area contributed by atoms with Crippen LogP contribution in [0, 0.1) is 0 Å². The number of rotatable bonds is 5. The molecule has 0 spiro atoms. The molecule has 1 heterocycles. The summed E-state index contributed by atoms with van der Waals surface area (Å²) in [5.74, 6) is 0.641. The normalized spacial score (nSPS) is 10.7. The molecule has 2 rings (SSSR count). The highest BCUT2D eigenvalue weighted by Gasteiger charge is 2.18. The molecule has 0 aliphatic carbocycles. The predicted octanol–water partition coefficient (Wildman–Crippen LogP) is 3.14. The number of hydrogen-bond acceptors (Lipinski definition) is 5. The second-order valence-electron chi connectivity index (χ2n) is 4.95. The Morgan fingerprint density at radius 1 is 1.33 bits per heavy atom. The second-order valence-corrected chi connectivity index (χ2v) is 5.36. The van der Waals surface area contributed by atoms with Gasteiger partial charge in [0.15, 0.2) is 5.82 Å².